The molecular weight excluding hydrogens is 386 g/mol. The van der Waals surface area contributed by atoms with E-state index in [-0.39, 0.29) is 12.0 Å². The molecule has 168 valence electrons. The lowest BCUT2D eigenvalue weighted by molar-refractivity contribution is -0.121. The fraction of sp³-hybridized carbons (Fsp3) is 0.636. The maximum atomic E-state index is 12.2. The Morgan fingerprint density at radius 3 is 2.37 bits per heavy atom. The van der Waals surface area contributed by atoms with E-state index in [4.69, 9.17) is 14.2 Å². The summed E-state index contributed by atoms with van der Waals surface area (Å²) in [5.41, 5.74) is 0.471. The molecular formula is C22H35N3O5. The highest BCUT2D eigenvalue weighted by atomic mass is 16.6. The lowest BCUT2D eigenvalue weighted by atomic mass is 10.1. The number of hydrogen-bond acceptors (Lipinski definition) is 6. The summed E-state index contributed by atoms with van der Waals surface area (Å²) >= 11 is 0. The first-order valence-corrected chi connectivity index (χ1v) is 10.4. The first-order chi connectivity index (χ1) is 14.2. The number of rotatable bonds is 8. The molecule has 0 unspecified atom stereocenters. The van der Waals surface area contributed by atoms with Crippen LogP contribution in [0.25, 0.3) is 0 Å². The Morgan fingerprint density at radius 1 is 1.07 bits per heavy atom. The van der Waals surface area contributed by atoms with Crippen LogP contribution in [-0.4, -0.2) is 80.9 Å². The third-order valence-electron chi connectivity index (χ3n) is 4.88. The predicted octanol–water partition coefficient (Wildman–Crippen LogP) is 2.31. The normalized spacial score (nSPS) is 14.9. The van der Waals surface area contributed by atoms with Crippen LogP contribution in [-0.2, 0) is 16.0 Å². The van der Waals surface area contributed by atoms with Crippen molar-refractivity contribution in [2.75, 3.05) is 53.5 Å². The van der Waals surface area contributed by atoms with Gasteiger partial charge in [-0.3, -0.25) is 9.69 Å². The minimum absolute atomic E-state index is 0.00673. The molecule has 1 N–H and O–H groups in total. The zero-order valence-corrected chi connectivity index (χ0v) is 18.8. The summed E-state index contributed by atoms with van der Waals surface area (Å²) in [6, 6.07) is 5.68. The van der Waals surface area contributed by atoms with Crippen molar-refractivity contribution in [3.63, 3.8) is 0 Å². The Morgan fingerprint density at radius 2 is 1.77 bits per heavy atom. The zero-order valence-electron chi connectivity index (χ0n) is 18.8. The van der Waals surface area contributed by atoms with Crippen molar-refractivity contribution < 1.29 is 23.8 Å². The van der Waals surface area contributed by atoms with Crippen molar-refractivity contribution in [1.29, 1.82) is 0 Å². The Hall–Kier alpha value is -2.48. The summed E-state index contributed by atoms with van der Waals surface area (Å²) in [6.45, 7) is 9.77. The minimum Gasteiger partial charge on any atom is -0.493 e. The summed E-state index contributed by atoms with van der Waals surface area (Å²) in [5, 5.41) is 2.97. The summed E-state index contributed by atoms with van der Waals surface area (Å²) in [5.74, 6) is 1.35. The van der Waals surface area contributed by atoms with E-state index in [0.29, 0.717) is 44.0 Å². The number of carbonyl (C=O) groups excluding carboxylic acids is 2. The number of amides is 2. The molecule has 30 heavy (non-hydrogen) atoms. The zero-order chi connectivity index (χ0) is 22.1. The first-order valence-electron chi connectivity index (χ1n) is 10.4. The van der Waals surface area contributed by atoms with Crippen molar-refractivity contribution in [1.82, 2.24) is 15.1 Å². The molecule has 8 nitrogen and oxygen atoms in total. The van der Waals surface area contributed by atoms with Crippen LogP contribution >= 0.6 is 0 Å². The predicted molar refractivity (Wildman–Crippen MR) is 115 cm³/mol. The van der Waals surface area contributed by atoms with Crippen molar-refractivity contribution in [2.45, 2.75) is 39.2 Å². The molecule has 1 aliphatic rings. The molecule has 0 radical (unpaired) electrons. The number of ether oxygens (including phenoxy) is 3. The van der Waals surface area contributed by atoms with Gasteiger partial charge in [0.05, 0.1) is 14.2 Å². The SMILES string of the molecule is COc1cccc(CCC(=O)NCCN2CCN(C(=O)OC(C)(C)C)CC2)c1OC. The van der Waals surface area contributed by atoms with Gasteiger partial charge >= 0.3 is 6.09 Å². The number of nitrogens with zero attached hydrogens (tertiary/aromatic N) is 2. The van der Waals surface area contributed by atoms with Crippen LogP contribution < -0.4 is 14.8 Å². The van der Waals surface area contributed by atoms with Gasteiger partial charge in [-0.25, -0.2) is 4.79 Å². The molecule has 0 atom stereocenters. The maximum Gasteiger partial charge on any atom is 0.410 e. The number of hydrogen-bond donors (Lipinski definition) is 1. The molecule has 2 amide bonds. The lowest BCUT2D eigenvalue weighted by Crippen LogP contribution is -2.51. The largest absolute Gasteiger partial charge is 0.493 e. The third-order valence-corrected chi connectivity index (χ3v) is 4.88. The van der Waals surface area contributed by atoms with Gasteiger partial charge in [0.2, 0.25) is 5.91 Å². The van der Waals surface area contributed by atoms with Crippen LogP contribution in [0.15, 0.2) is 18.2 Å². The van der Waals surface area contributed by atoms with E-state index in [2.05, 4.69) is 10.2 Å². The standard InChI is InChI=1S/C22H35N3O5/c1-22(2,3)30-21(27)25-15-13-24(14-16-25)12-11-23-19(26)10-9-17-7-6-8-18(28-4)20(17)29-5/h6-8H,9-16H2,1-5H3,(H,23,26). The summed E-state index contributed by atoms with van der Waals surface area (Å²) in [7, 11) is 3.20. The fourth-order valence-electron chi connectivity index (χ4n) is 3.32. The second-order valence-electron chi connectivity index (χ2n) is 8.31. The van der Waals surface area contributed by atoms with E-state index in [9.17, 15) is 9.59 Å². The molecule has 0 spiro atoms. The highest BCUT2D eigenvalue weighted by Crippen LogP contribution is 2.31. The van der Waals surface area contributed by atoms with Crippen molar-refractivity contribution in [2.24, 2.45) is 0 Å². The Labute approximate surface area is 179 Å². The van der Waals surface area contributed by atoms with Crippen LogP contribution in [0.1, 0.15) is 32.8 Å². The van der Waals surface area contributed by atoms with E-state index >= 15 is 0 Å². The molecule has 1 heterocycles. The highest BCUT2D eigenvalue weighted by molar-refractivity contribution is 5.76. The Kier molecular flexibility index (Phi) is 8.77. The average Bonchev–Trinajstić information content (AvgIpc) is 2.71. The summed E-state index contributed by atoms with van der Waals surface area (Å²) in [6.07, 6.45) is 0.708. The van der Waals surface area contributed by atoms with E-state index in [1.165, 1.54) is 0 Å². The second-order valence-corrected chi connectivity index (χ2v) is 8.31. The minimum atomic E-state index is -0.479. The quantitative estimate of drug-likeness (QED) is 0.694. The Bertz CT molecular complexity index is 709. The number of aryl methyl sites for hydroxylation is 1. The van der Waals surface area contributed by atoms with Gasteiger partial charge in [-0.05, 0) is 38.8 Å². The first kappa shape index (κ1) is 23.8. The number of nitrogens with one attached hydrogen (secondary N) is 1. The molecule has 0 aromatic heterocycles. The van der Waals surface area contributed by atoms with Gasteiger partial charge in [0.25, 0.3) is 0 Å². The van der Waals surface area contributed by atoms with Crippen LogP contribution in [0.2, 0.25) is 0 Å². The molecule has 1 fully saturated rings. The van der Waals surface area contributed by atoms with Crippen molar-refractivity contribution in [3.8, 4) is 11.5 Å². The fourth-order valence-corrected chi connectivity index (χ4v) is 3.32. The smallest absolute Gasteiger partial charge is 0.410 e. The summed E-state index contributed by atoms with van der Waals surface area (Å²) in [4.78, 5) is 28.3. The monoisotopic (exact) mass is 421 g/mol. The highest BCUT2D eigenvalue weighted by Gasteiger charge is 2.25. The molecule has 1 aromatic carbocycles. The molecule has 2 rings (SSSR count). The maximum absolute atomic E-state index is 12.2. The second kappa shape index (κ2) is 11.1. The van der Waals surface area contributed by atoms with E-state index in [1.54, 1.807) is 19.1 Å². The van der Waals surface area contributed by atoms with Crippen LogP contribution in [0.4, 0.5) is 4.79 Å². The van der Waals surface area contributed by atoms with Gasteiger partial charge < -0.3 is 24.4 Å². The van der Waals surface area contributed by atoms with Crippen molar-refractivity contribution in [3.05, 3.63) is 23.8 Å². The topological polar surface area (TPSA) is 80.3 Å². The average molecular weight is 422 g/mol. The molecule has 1 saturated heterocycles. The van der Waals surface area contributed by atoms with Crippen molar-refractivity contribution >= 4 is 12.0 Å². The van der Waals surface area contributed by atoms with Crippen LogP contribution in [0.5, 0.6) is 11.5 Å². The van der Waals surface area contributed by atoms with E-state index in [0.717, 1.165) is 25.2 Å². The summed E-state index contributed by atoms with van der Waals surface area (Å²) < 4.78 is 16.1. The van der Waals surface area contributed by atoms with Crippen LogP contribution in [0, 0.1) is 0 Å². The van der Waals surface area contributed by atoms with Gasteiger partial charge in [0, 0.05) is 45.7 Å². The number of para-hydroxylation sites is 1. The number of methoxy groups -OCH3 is 2. The van der Waals surface area contributed by atoms with E-state index in [1.807, 2.05) is 39.0 Å². The molecule has 0 aliphatic carbocycles. The van der Waals surface area contributed by atoms with Gasteiger partial charge in [0.15, 0.2) is 11.5 Å². The molecule has 0 bridgehead atoms. The van der Waals surface area contributed by atoms with E-state index < -0.39 is 5.60 Å². The lowest BCUT2D eigenvalue weighted by Gasteiger charge is -2.35. The number of piperazine rings is 1. The molecule has 1 aromatic rings. The van der Waals surface area contributed by atoms with Gasteiger partial charge in [-0.2, -0.15) is 0 Å². The number of carbonyl (C=O) groups is 2. The molecule has 0 saturated carbocycles. The molecule has 8 heteroatoms. The van der Waals surface area contributed by atoms with Crippen LogP contribution in [0.3, 0.4) is 0 Å². The third kappa shape index (κ3) is 7.40. The molecule has 1 aliphatic heterocycles. The van der Waals surface area contributed by atoms with Gasteiger partial charge in [-0.15, -0.1) is 0 Å². The number of benzene rings is 1. The Balaban J connectivity index is 1.67. The van der Waals surface area contributed by atoms with Gasteiger partial charge in [-0.1, -0.05) is 12.1 Å². The van der Waals surface area contributed by atoms with Gasteiger partial charge in [0.1, 0.15) is 5.60 Å².